The van der Waals surface area contributed by atoms with Gasteiger partial charge in [-0.1, -0.05) is 158 Å². The van der Waals surface area contributed by atoms with Crippen molar-refractivity contribution in [2.24, 2.45) is 0 Å². The van der Waals surface area contributed by atoms with Gasteiger partial charge in [-0.15, -0.1) is 0 Å². The van der Waals surface area contributed by atoms with Gasteiger partial charge in [-0.3, -0.25) is 0 Å². The quantitative estimate of drug-likeness (QED) is 0.0895. The fourth-order valence-electron chi connectivity index (χ4n) is 7.36. The van der Waals surface area contributed by atoms with Gasteiger partial charge in [0, 0.05) is 55.6 Å². The SMILES string of the molecule is C/C=C\C=C/c1cc(-c2ccc(-c3cn4ccccc4n3)cc2)cc2c(-c3ccc(P(=O)(c4ccccc4)c4ccccc4)cc3)nc3ccccc3c12. The van der Waals surface area contributed by atoms with Crippen LogP contribution in [-0.2, 0) is 4.57 Å². The van der Waals surface area contributed by atoms with Crippen molar-refractivity contribution in [3.05, 3.63) is 200 Å². The number of hydrogen-bond donors (Lipinski definition) is 0. The van der Waals surface area contributed by atoms with E-state index in [-0.39, 0.29) is 0 Å². The number of fused-ring (bicyclic) bond motifs is 4. The van der Waals surface area contributed by atoms with Crippen molar-refractivity contribution in [2.75, 3.05) is 0 Å². The van der Waals surface area contributed by atoms with Crippen LogP contribution in [0.4, 0.5) is 0 Å². The van der Waals surface area contributed by atoms with Crippen LogP contribution in [0.3, 0.4) is 0 Å². The Kier molecular flexibility index (Phi) is 8.67. The molecule has 0 bridgehead atoms. The molecule has 0 aliphatic heterocycles. The van der Waals surface area contributed by atoms with Gasteiger partial charge in [0.1, 0.15) is 5.65 Å². The van der Waals surface area contributed by atoms with Gasteiger partial charge >= 0.3 is 0 Å². The maximum atomic E-state index is 15.2. The Bertz CT molecular complexity index is 2820. The Hall–Kier alpha value is -6.61. The highest BCUT2D eigenvalue weighted by molar-refractivity contribution is 7.85. The molecule has 54 heavy (non-hydrogen) atoms. The van der Waals surface area contributed by atoms with E-state index in [0.29, 0.717) is 0 Å². The van der Waals surface area contributed by atoms with E-state index in [1.165, 1.54) is 0 Å². The zero-order chi connectivity index (χ0) is 36.5. The Morgan fingerprint density at radius 3 is 1.89 bits per heavy atom. The number of allylic oxidation sites excluding steroid dienone is 3. The first-order valence-corrected chi connectivity index (χ1v) is 19.8. The lowest BCUT2D eigenvalue weighted by Crippen LogP contribution is -2.24. The van der Waals surface area contributed by atoms with Crippen LogP contribution in [0, 0.1) is 0 Å². The summed E-state index contributed by atoms with van der Waals surface area (Å²) >= 11 is 0. The van der Waals surface area contributed by atoms with Crippen molar-refractivity contribution in [2.45, 2.75) is 6.92 Å². The van der Waals surface area contributed by atoms with Crippen LogP contribution in [-0.4, -0.2) is 14.4 Å². The molecule has 5 heteroatoms. The average Bonchev–Trinajstić information content (AvgIpc) is 3.68. The van der Waals surface area contributed by atoms with Gasteiger partial charge in [0.25, 0.3) is 0 Å². The molecule has 9 aromatic rings. The van der Waals surface area contributed by atoms with E-state index in [1.54, 1.807) is 0 Å². The van der Waals surface area contributed by atoms with Crippen LogP contribution in [0.1, 0.15) is 12.5 Å². The number of para-hydroxylation sites is 1. The van der Waals surface area contributed by atoms with Crippen LogP contribution < -0.4 is 15.9 Å². The summed E-state index contributed by atoms with van der Waals surface area (Å²) in [5, 5.41) is 5.71. The van der Waals surface area contributed by atoms with Crippen LogP contribution in [0.15, 0.2) is 194 Å². The van der Waals surface area contributed by atoms with Gasteiger partial charge in [-0.05, 0) is 53.9 Å². The molecule has 0 aliphatic carbocycles. The van der Waals surface area contributed by atoms with E-state index in [0.717, 1.165) is 82.4 Å². The predicted octanol–water partition coefficient (Wildman–Crippen LogP) is 11.3. The average molecular weight is 714 g/mol. The third-order valence-electron chi connectivity index (χ3n) is 10.0. The van der Waals surface area contributed by atoms with Crippen molar-refractivity contribution in [3.8, 4) is 33.6 Å². The Labute approximate surface area is 314 Å². The van der Waals surface area contributed by atoms with Gasteiger partial charge in [-0.2, -0.15) is 0 Å². The molecule has 3 aromatic heterocycles. The molecule has 9 rings (SSSR count). The summed E-state index contributed by atoms with van der Waals surface area (Å²) in [6, 6.07) is 55.4. The summed E-state index contributed by atoms with van der Waals surface area (Å²) in [7, 11) is -3.12. The van der Waals surface area contributed by atoms with E-state index >= 15 is 4.57 Å². The molecule has 0 aliphatic rings. The lowest BCUT2D eigenvalue weighted by atomic mass is 9.91. The molecule has 0 saturated carbocycles. The largest absolute Gasteiger partial charge is 0.309 e. The molecule has 0 unspecified atom stereocenters. The summed E-state index contributed by atoms with van der Waals surface area (Å²) in [6.07, 6.45) is 12.5. The molecule has 0 saturated heterocycles. The van der Waals surface area contributed by atoms with E-state index in [9.17, 15) is 0 Å². The predicted molar refractivity (Wildman–Crippen MR) is 228 cm³/mol. The molecule has 258 valence electrons. The monoisotopic (exact) mass is 713 g/mol. The number of rotatable bonds is 8. The minimum atomic E-state index is -3.12. The van der Waals surface area contributed by atoms with E-state index in [2.05, 4.69) is 91.2 Å². The molecule has 0 amide bonds. The maximum absolute atomic E-state index is 15.2. The summed E-state index contributed by atoms with van der Waals surface area (Å²) in [5.41, 5.74) is 9.00. The Morgan fingerprint density at radius 2 is 1.19 bits per heavy atom. The highest BCUT2D eigenvalue weighted by Gasteiger charge is 2.29. The third kappa shape index (κ3) is 5.97. The van der Waals surface area contributed by atoms with Gasteiger partial charge in [0.05, 0.1) is 16.9 Å². The van der Waals surface area contributed by atoms with Crippen LogP contribution >= 0.6 is 7.14 Å². The lowest BCUT2D eigenvalue weighted by molar-refractivity contribution is 0.592. The second-order valence-electron chi connectivity index (χ2n) is 13.3. The first kappa shape index (κ1) is 33.2. The molecular formula is C49H36N3OP. The van der Waals surface area contributed by atoms with Gasteiger partial charge in [0.2, 0.25) is 0 Å². The van der Waals surface area contributed by atoms with E-state index in [4.69, 9.17) is 9.97 Å². The van der Waals surface area contributed by atoms with Crippen molar-refractivity contribution < 1.29 is 4.57 Å². The summed E-state index contributed by atoms with van der Waals surface area (Å²) < 4.78 is 17.2. The van der Waals surface area contributed by atoms with Gasteiger partial charge in [0.15, 0.2) is 7.14 Å². The van der Waals surface area contributed by atoms with Crippen LogP contribution in [0.5, 0.6) is 0 Å². The van der Waals surface area contributed by atoms with Gasteiger partial charge < -0.3 is 8.97 Å². The van der Waals surface area contributed by atoms with Crippen molar-refractivity contribution >= 4 is 56.5 Å². The van der Waals surface area contributed by atoms with Crippen molar-refractivity contribution in [3.63, 3.8) is 0 Å². The lowest BCUT2D eigenvalue weighted by Gasteiger charge is -2.20. The molecule has 0 radical (unpaired) electrons. The Balaban J connectivity index is 1.21. The highest BCUT2D eigenvalue weighted by Crippen LogP contribution is 2.43. The second-order valence-corrected chi connectivity index (χ2v) is 16.1. The standard InChI is InChI=1S/C49H36N3OP/c1-2-3-6-15-38-32-39(35-23-25-36(26-24-35)46-34-52-31-14-13-22-47(52)50-46)33-44-48(38)43-20-11-12-21-45(43)51-49(44)37-27-29-42(30-28-37)54(53,40-16-7-4-8-17-40)41-18-9-5-10-19-41/h2-34H,1H3/b3-2-,15-6-. The number of hydrogen-bond acceptors (Lipinski definition) is 3. The molecular weight excluding hydrogens is 678 g/mol. The number of nitrogens with zero attached hydrogens (tertiary/aromatic N) is 3. The zero-order valence-corrected chi connectivity index (χ0v) is 30.6. The Morgan fingerprint density at radius 1 is 0.556 bits per heavy atom. The second kappa shape index (κ2) is 14.1. The number of benzene rings is 6. The molecule has 0 spiro atoms. The molecule has 0 N–H and O–H groups in total. The summed E-state index contributed by atoms with van der Waals surface area (Å²) in [6.45, 7) is 2.03. The third-order valence-corrected chi connectivity index (χ3v) is 13.1. The van der Waals surface area contributed by atoms with Crippen LogP contribution in [0.2, 0.25) is 0 Å². The van der Waals surface area contributed by atoms with Crippen molar-refractivity contribution in [1.29, 1.82) is 0 Å². The summed E-state index contributed by atoms with van der Waals surface area (Å²) in [4.78, 5) is 10.1. The van der Waals surface area contributed by atoms with Gasteiger partial charge in [-0.25, -0.2) is 9.97 Å². The fraction of sp³-hybridized carbons (Fsp3) is 0.0204. The molecule has 0 atom stereocenters. The molecule has 6 aromatic carbocycles. The van der Waals surface area contributed by atoms with Crippen LogP contribution in [0.25, 0.3) is 67.0 Å². The maximum Gasteiger partial charge on any atom is 0.171 e. The zero-order valence-electron chi connectivity index (χ0n) is 29.7. The molecule has 4 nitrogen and oxygen atoms in total. The highest BCUT2D eigenvalue weighted by atomic mass is 31.2. The van der Waals surface area contributed by atoms with E-state index in [1.807, 2.05) is 121 Å². The minimum absolute atomic E-state index is 0.787. The molecule has 3 heterocycles. The first-order chi connectivity index (χ1) is 26.6. The number of imidazole rings is 1. The first-order valence-electron chi connectivity index (χ1n) is 18.1. The van der Waals surface area contributed by atoms with E-state index < -0.39 is 7.14 Å². The minimum Gasteiger partial charge on any atom is -0.309 e. The number of aromatic nitrogens is 3. The topological polar surface area (TPSA) is 47.3 Å². The molecule has 0 fully saturated rings. The number of pyridine rings is 2. The normalized spacial score (nSPS) is 12.1. The van der Waals surface area contributed by atoms with Crippen molar-refractivity contribution in [1.82, 2.24) is 14.4 Å². The summed E-state index contributed by atoms with van der Waals surface area (Å²) in [5.74, 6) is 0. The smallest absolute Gasteiger partial charge is 0.171 e. The fourth-order valence-corrected chi connectivity index (χ4v) is 10.0.